The van der Waals surface area contributed by atoms with E-state index in [2.05, 4.69) is 16.7 Å². The number of alkyl halides is 3. The highest BCUT2D eigenvalue weighted by Crippen LogP contribution is 2.43. The summed E-state index contributed by atoms with van der Waals surface area (Å²) in [4.78, 5) is 30.0. The molecule has 1 amide bonds. The van der Waals surface area contributed by atoms with Crippen LogP contribution in [-0.4, -0.2) is 103 Å². The number of benzene rings is 1. The Morgan fingerprint density at radius 1 is 1.07 bits per heavy atom. The van der Waals surface area contributed by atoms with Gasteiger partial charge in [-0.05, 0) is 52.3 Å². The lowest BCUT2D eigenvalue weighted by atomic mass is 10.0. The van der Waals surface area contributed by atoms with Crippen LogP contribution in [-0.2, 0) is 28.6 Å². The van der Waals surface area contributed by atoms with Gasteiger partial charge in [0, 0.05) is 58.0 Å². The molecule has 14 heteroatoms. The topological polar surface area (TPSA) is 83.5 Å². The van der Waals surface area contributed by atoms with E-state index in [-0.39, 0.29) is 41.5 Å². The summed E-state index contributed by atoms with van der Waals surface area (Å²) in [5.74, 6) is 0.689. The van der Waals surface area contributed by atoms with Gasteiger partial charge in [-0.1, -0.05) is 24.6 Å². The van der Waals surface area contributed by atoms with Crippen molar-refractivity contribution < 1.29 is 32.2 Å². The number of likely N-dealkylation sites (N-methyl/N-ethyl adjacent to an activating group) is 1. The van der Waals surface area contributed by atoms with Gasteiger partial charge in [0.1, 0.15) is 18.0 Å². The maximum Gasteiger partial charge on any atom is 0.419 e. The minimum absolute atomic E-state index is 0.0180. The second-order valence-corrected chi connectivity index (χ2v) is 13.1. The number of methoxy groups -OCH3 is 1. The quantitative estimate of drug-likeness (QED) is 0.397. The molecule has 0 bridgehead atoms. The zero-order valence-corrected chi connectivity index (χ0v) is 27.2. The monoisotopic (exact) mass is 654 g/mol. The van der Waals surface area contributed by atoms with Gasteiger partial charge in [0.05, 0.1) is 34.6 Å². The lowest BCUT2D eigenvalue weighted by Gasteiger charge is -2.38. The summed E-state index contributed by atoms with van der Waals surface area (Å²) in [6.07, 6.45) is -3.60. The molecule has 0 unspecified atom stereocenters. The number of hydrogen-bond acceptors (Lipinski definition) is 9. The molecule has 1 aromatic carbocycles. The minimum atomic E-state index is -4.61. The summed E-state index contributed by atoms with van der Waals surface area (Å²) in [6.45, 7) is 12.0. The van der Waals surface area contributed by atoms with E-state index in [0.717, 1.165) is 25.1 Å². The molecule has 45 heavy (non-hydrogen) atoms. The molecular formula is C31H42ClF3N6O4. The number of piperazine rings is 1. The molecular weight excluding hydrogens is 613 g/mol. The van der Waals surface area contributed by atoms with E-state index in [9.17, 15) is 18.0 Å². The minimum Gasteiger partial charge on any atom is -0.462 e. The van der Waals surface area contributed by atoms with Crippen LogP contribution < -0.4 is 14.5 Å². The summed E-state index contributed by atoms with van der Waals surface area (Å²) >= 11 is 6.05. The highest BCUT2D eigenvalue weighted by molar-refractivity contribution is 6.31. The van der Waals surface area contributed by atoms with Gasteiger partial charge in [-0.2, -0.15) is 23.1 Å². The number of nitrogens with zero attached hydrogens (tertiary/aromatic N) is 6. The van der Waals surface area contributed by atoms with Crippen molar-refractivity contribution in [1.82, 2.24) is 19.8 Å². The van der Waals surface area contributed by atoms with Crippen molar-refractivity contribution in [2.24, 2.45) is 0 Å². The normalized spacial score (nSPS) is 21.2. The van der Waals surface area contributed by atoms with Crippen molar-refractivity contribution in [3.05, 3.63) is 40.0 Å². The predicted molar refractivity (Wildman–Crippen MR) is 165 cm³/mol. The predicted octanol–water partition coefficient (Wildman–Crippen LogP) is 5.26. The average molecular weight is 655 g/mol. The number of anilines is 2. The number of aromatic nitrogens is 2. The van der Waals surface area contributed by atoms with Crippen LogP contribution in [0.4, 0.5) is 29.5 Å². The second kappa shape index (κ2) is 13.4. The first-order valence-electron chi connectivity index (χ1n) is 15.4. The van der Waals surface area contributed by atoms with Gasteiger partial charge in [0.25, 0.3) is 0 Å². The molecule has 2 saturated heterocycles. The molecule has 0 N–H and O–H groups in total. The van der Waals surface area contributed by atoms with Crippen molar-refractivity contribution in [1.29, 1.82) is 0 Å². The van der Waals surface area contributed by atoms with E-state index in [1.165, 1.54) is 18.2 Å². The van der Waals surface area contributed by atoms with Crippen LogP contribution in [0.5, 0.6) is 6.01 Å². The highest BCUT2D eigenvalue weighted by atomic mass is 35.5. The first-order chi connectivity index (χ1) is 21.3. The van der Waals surface area contributed by atoms with E-state index in [0.29, 0.717) is 57.3 Å². The van der Waals surface area contributed by atoms with Gasteiger partial charge < -0.3 is 28.9 Å². The number of ether oxygens (including phenoxy) is 3. The molecule has 2 aromatic rings. The number of carbonyl (C=O) groups is 1. The SMILES string of the molecule is CCN1C[C@H](OC)C[C@H]1COc1nc2c(c(N3CCN(C(=O)OC(C)(C)C)CC3)n1)CCN(c1cccc(Cl)c1C(F)(F)F)C2. The summed E-state index contributed by atoms with van der Waals surface area (Å²) in [5.41, 5.74) is 0.0492. The van der Waals surface area contributed by atoms with Gasteiger partial charge in [0.2, 0.25) is 0 Å². The van der Waals surface area contributed by atoms with Crippen LogP contribution in [0.15, 0.2) is 18.2 Å². The van der Waals surface area contributed by atoms with Crippen LogP contribution in [0.2, 0.25) is 5.02 Å². The average Bonchev–Trinajstić information content (AvgIpc) is 3.40. The molecule has 2 atom stereocenters. The fourth-order valence-corrected chi connectivity index (χ4v) is 6.52. The Labute approximate surface area is 267 Å². The number of halogens is 4. The van der Waals surface area contributed by atoms with Crippen molar-refractivity contribution in [3.8, 4) is 6.01 Å². The van der Waals surface area contributed by atoms with Crippen LogP contribution in [0, 0.1) is 0 Å². The largest absolute Gasteiger partial charge is 0.462 e. The number of fused-ring (bicyclic) bond motifs is 1. The van der Waals surface area contributed by atoms with E-state index in [4.69, 9.17) is 35.8 Å². The van der Waals surface area contributed by atoms with E-state index >= 15 is 0 Å². The Balaban J connectivity index is 1.42. The Hall–Kier alpha value is -3.03. The first kappa shape index (κ1) is 33.3. The molecule has 3 aliphatic heterocycles. The lowest BCUT2D eigenvalue weighted by molar-refractivity contribution is -0.137. The second-order valence-electron chi connectivity index (χ2n) is 12.7. The third-order valence-corrected chi connectivity index (χ3v) is 8.82. The number of hydrogen-bond donors (Lipinski definition) is 0. The maximum absolute atomic E-state index is 14.1. The molecule has 10 nitrogen and oxygen atoms in total. The summed E-state index contributed by atoms with van der Waals surface area (Å²) in [6, 6.07) is 4.53. The molecule has 3 aliphatic rings. The Kier molecular flexibility index (Phi) is 9.90. The van der Waals surface area contributed by atoms with Crippen LogP contribution in [0.25, 0.3) is 0 Å². The van der Waals surface area contributed by atoms with Gasteiger partial charge in [0.15, 0.2) is 0 Å². The van der Waals surface area contributed by atoms with Gasteiger partial charge in [-0.3, -0.25) is 4.90 Å². The van der Waals surface area contributed by atoms with Crippen molar-refractivity contribution in [3.63, 3.8) is 0 Å². The highest BCUT2D eigenvalue weighted by Gasteiger charge is 2.39. The van der Waals surface area contributed by atoms with E-state index < -0.39 is 17.3 Å². The molecule has 248 valence electrons. The van der Waals surface area contributed by atoms with E-state index in [1.807, 2.05) is 20.8 Å². The van der Waals surface area contributed by atoms with Crippen molar-refractivity contribution >= 4 is 29.2 Å². The Morgan fingerprint density at radius 3 is 2.44 bits per heavy atom. The number of likely N-dealkylation sites (tertiary alicyclic amines) is 1. The number of rotatable bonds is 7. The zero-order valence-electron chi connectivity index (χ0n) is 26.5. The summed E-state index contributed by atoms with van der Waals surface area (Å²) in [5, 5.41) is -0.340. The fourth-order valence-electron chi connectivity index (χ4n) is 6.24. The summed E-state index contributed by atoms with van der Waals surface area (Å²) < 4.78 is 59.5. The fraction of sp³-hybridized carbons (Fsp3) is 0.645. The molecule has 5 rings (SSSR count). The standard InChI is InChI=1S/C31H42ClF3N6O4/c1-6-38-17-21(43-5)16-20(38)19-44-28-36-24-18-41(25-9-7-8-23(32)26(25)31(33,34)35)11-10-22(24)27(37-28)39-12-14-40(15-13-39)29(42)45-30(2,3)4/h7-9,20-21H,6,10-19H2,1-5H3/t20-,21+/m0/s1. The van der Waals surface area contributed by atoms with Gasteiger partial charge in [-0.25, -0.2) is 4.79 Å². The molecule has 0 saturated carbocycles. The van der Waals surface area contributed by atoms with Gasteiger partial charge in [-0.15, -0.1) is 0 Å². The van der Waals surface area contributed by atoms with Crippen LogP contribution >= 0.6 is 11.6 Å². The lowest BCUT2D eigenvalue weighted by Crippen LogP contribution is -2.50. The molecule has 0 radical (unpaired) electrons. The third-order valence-electron chi connectivity index (χ3n) is 8.50. The van der Waals surface area contributed by atoms with Gasteiger partial charge >= 0.3 is 18.3 Å². The molecule has 4 heterocycles. The number of carbonyl (C=O) groups excluding carboxylic acids is 1. The summed E-state index contributed by atoms with van der Waals surface area (Å²) in [7, 11) is 1.71. The van der Waals surface area contributed by atoms with Crippen molar-refractivity contribution in [2.75, 3.05) is 69.3 Å². The smallest absolute Gasteiger partial charge is 0.419 e. The molecule has 0 spiro atoms. The van der Waals surface area contributed by atoms with Crippen LogP contribution in [0.1, 0.15) is 50.9 Å². The van der Waals surface area contributed by atoms with Crippen molar-refractivity contribution in [2.45, 2.75) is 71.0 Å². The zero-order chi connectivity index (χ0) is 32.5. The Bertz CT molecular complexity index is 1370. The van der Waals surface area contributed by atoms with E-state index in [1.54, 1.807) is 16.9 Å². The third kappa shape index (κ3) is 7.69. The first-order valence-corrected chi connectivity index (χ1v) is 15.8. The molecule has 1 aromatic heterocycles. The molecule has 2 fully saturated rings. The number of amides is 1. The maximum atomic E-state index is 14.1. The van der Waals surface area contributed by atoms with Crippen LogP contribution in [0.3, 0.4) is 0 Å². The Morgan fingerprint density at radius 2 is 1.80 bits per heavy atom. The molecule has 0 aliphatic carbocycles.